The van der Waals surface area contributed by atoms with Gasteiger partial charge < -0.3 is 10.0 Å². The maximum absolute atomic E-state index is 11.5. The fourth-order valence-corrected chi connectivity index (χ4v) is 1.63. The van der Waals surface area contributed by atoms with Gasteiger partial charge in [0.05, 0.1) is 19.0 Å². The zero-order valence-electron chi connectivity index (χ0n) is 9.06. The maximum atomic E-state index is 11.5. The van der Waals surface area contributed by atoms with Crippen molar-refractivity contribution < 1.29 is 14.7 Å². The highest BCUT2D eigenvalue weighted by molar-refractivity contribution is 5.80. The van der Waals surface area contributed by atoms with Gasteiger partial charge in [-0.1, -0.05) is 0 Å². The molecule has 1 rings (SSSR count). The van der Waals surface area contributed by atoms with E-state index in [0.717, 1.165) is 0 Å². The Morgan fingerprint density at radius 3 is 2.31 bits per heavy atom. The molecule has 0 radical (unpaired) electrons. The molecule has 88 valence electrons. The maximum Gasteiger partial charge on any atom is 0.303 e. The number of amides is 1. The Labute approximate surface area is 94.0 Å². The number of rotatable bonds is 4. The molecule has 0 aromatic rings. The number of hydrogen-bond donors (Lipinski definition) is 1. The first-order chi connectivity index (χ1) is 7.63. The third-order valence-corrected chi connectivity index (χ3v) is 2.57. The summed E-state index contributed by atoms with van der Waals surface area (Å²) in [6.45, 7) is 2.93. The van der Waals surface area contributed by atoms with E-state index in [9.17, 15) is 9.59 Å². The van der Waals surface area contributed by atoms with Crippen molar-refractivity contribution >= 4 is 11.9 Å². The Balaban J connectivity index is 2.28. The summed E-state index contributed by atoms with van der Waals surface area (Å²) in [6, 6.07) is 2.07. The zero-order chi connectivity index (χ0) is 12.0. The van der Waals surface area contributed by atoms with Crippen LogP contribution in [0.3, 0.4) is 0 Å². The van der Waals surface area contributed by atoms with Gasteiger partial charge in [0.15, 0.2) is 0 Å². The average Bonchev–Trinajstić information content (AvgIpc) is 2.27. The monoisotopic (exact) mass is 225 g/mol. The van der Waals surface area contributed by atoms with Crippen LogP contribution in [0.1, 0.15) is 12.8 Å². The molecule has 1 saturated heterocycles. The quantitative estimate of drug-likeness (QED) is 0.653. The van der Waals surface area contributed by atoms with Gasteiger partial charge in [-0.05, 0) is 0 Å². The van der Waals surface area contributed by atoms with Crippen molar-refractivity contribution in [2.45, 2.75) is 12.8 Å². The fraction of sp³-hybridized carbons (Fsp3) is 0.700. The summed E-state index contributed by atoms with van der Waals surface area (Å²) in [6.07, 6.45) is -0.0508. The molecule has 0 aliphatic carbocycles. The topological polar surface area (TPSA) is 84.6 Å². The molecule has 6 nitrogen and oxygen atoms in total. The predicted molar refractivity (Wildman–Crippen MR) is 55.5 cm³/mol. The van der Waals surface area contributed by atoms with Crippen LogP contribution in [0.15, 0.2) is 0 Å². The standard InChI is InChI=1S/C10H15N3O3/c11-3-4-12-5-7-13(8-6-12)9(14)1-2-10(15)16/h1-2,4-8H2,(H,15,16). The summed E-state index contributed by atoms with van der Waals surface area (Å²) in [4.78, 5) is 25.5. The van der Waals surface area contributed by atoms with Crippen molar-refractivity contribution in [1.82, 2.24) is 9.80 Å². The summed E-state index contributed by atoms with van der Waals surface area (Å²) in [5.74, 6) is -1.06. The number of carboxylic acids is 1. The highest BCUT2D eigenvalue weighted by Gasteiger charge is 2.20. The number of aliphatic carboxylic acids is 1. The summed E-state index contributed by atoms with van der Waals surface area (Å²) >= 11 is 0. The van der Waals surface area contributed by atoms with Crippen molar-refractivity contribution in [3.05, 3.63) is 0 Å². The number of carbonyl (C=O) groups is 2. The Hall–Kier alpha value is -1.61. The van der Waals surface area contributed by atoms with Crippen molar-refractivity contribution in [1.29, 1.82) is 5.26 Å². The molecule has 1 heterocycles. The van der Waals surface area contributed by atoms with E-state index in [1.807, 2.05) is 4.90 Å². The van der Waals surface area contributed by atoms with Gasteiger partial charge in [-0.15, -0.1) is 0 Å². The fourth-order valence-electron chi connectivity index (χ4n) is 1.63. The Morgan fingerprint density at radius 1 is 1.19 bits per heavy atom. The first-order valence-corrected chi connectivity index (χ1v) is 5.22. The lowest BCUT2D eigenvalue weighted by molar-refractivity contribution is -0.141. The smallest absolute Gasteiger partial charge is 0.303 e. The van der Waals surface area contributed by atoms with E-state index >= 15 is 0 Å². The number of piperazine rings is 1. The minimum absolute atomic E-state index is 0.0631. The first kappa shape index (κ1) is 12.5. The van der Waals surface area contributed by atoms with E-state index < -0.39 is 5.97 Å². The molecule has 1 aliphatic rings. The SMILES string of the molecule is N#CCN1CCN(C(=O)CCC(=O)O)CC1. The Kier molecular flexibility index (Phi) is 4.73. The Morgan fingerprint density at radius 2 is 1.81 bits per heavy atom. The molecule has 0 unspecified atom stereocenters. The van der Waals surface area contributed by atoms with E-state index in [4.69, 9.17) is 10.4 Å². The van der Waals surface area contributed by atoms with E-state index in [1.54, 1.807) is 4.90 Å². The summed E-state index contributed by atoms with van der Waals surface area (Å²) < 4.78 is 0. The van der Waals surface area contributed by atoms with Crippen LogP contribution in [-0.4, -0.2) is 59.5 Å². The molecule has 0 aromatic heterocycles. The van der Waals surface area contributed by atoms with Crippen LogP contribution in [0, 0.1) is 11.3 Å². The van der Waals surface area contributed by atoms with Crippen molar-refractivity contribution in [3.8, 4) is 6.07 Å². The number of carboxylic acid groups (broad SMARTS) is 1. The van der Waals surface area contributed by atoms with Crippen LogP contribution in [-0.2, 0) is 9.59 Å². The molecule has 1 aliphatic heterocycles. The molecule has 1 amide bonds. The predicted octanol–water partition coefficient (Wildman–Crippen LogP) is -0.481. The van der Waals surface area contributed by atoms with Gasteiger partial charge in [0, 0.05) is 32.6 Å². The molecule has 0 aromatic carbocycles. The lowest BCUT2D eigenvalue weighted by atomic mass is 10.2. The molecule has 0 saturated carbocycles. The largest absolute Gasteiger partial charge is 0.481 e. The van der Waals surface area contributed by atoms with Gasteiger partial charge in [-0.3, -0.25) is 14.5 Å². The van der Waals surface area contributed by atoms with E-state index in [1.165, 1.54) is 0 Å². The second-order valence-corrected chi connectivity index (χ2v) is 3.71. The first-order valence-electron chi connectivity index (χ1n) is 5.22. The minimum Gasteiger partial charge on any atom is -0.481 e. The number of nitriles is 1. The lowest BCUT2D eigenvalue weighted by Crippen LogP contribution is -2.48. The molecule has 0 atom stereocenters. The lowest BCUT2D eigenvalue weighted by Gasteiger charge is -2.33. The van der Waals surface area contributed by atoms with Crippen LogP contribution >= 0.6 is 0 Å². The van der Waals surface area contributed by atoms with Gasteiger partial charge in [-0.25, -0.2) is 0 Å². The normalized spacial score (nSPS) is 16.8. The van der Waals surface area contributed by atoms with Crippen LogP contribution in [0.25, 0.3) is 0 Å². The highest BCUT2D eigenvalue weighted by Crippen LogP contribution is 2.04. The number of carbonyl (C=O) groups excluding carboxylic acids is 1. The second-order valence-electron chi connectivity index (χ2n) is 3.71. The van der Waals surface area contributed by atoms with Crippen molar-refractivity contribution in [2.24, 2.45) is 0 Å². The van der Waals surface area contributed by atoms with Crippen molar-refractivity contribution in [2.75, 3.05) is 32.7 Å². The Bertz CT molecular complexity index is 303. The van der Waals surface area contributed by atoms with Gasteiger partial charge in [-0.2, -0.15) is 5.26 Å². The second kappa shape index (κ2) is 6.08. The van der Waals surface area contributed by atoms with E-state index in [2.05, 4.69) is 6.07 Å². The van der Waals surface area contributed by atoms with E-state index in [0.29, 0.717) is 32.7 Å². The summed E-state index contributed by atoms with van der Waals surface area (Å²) in [5, 5.41) is 17.0. The zero-order valence-corrected chi connectivity index (χ0v) is 9.06. The summed E-state index contributed by atoms with van der Waals surface area (Å²) in [7, 11) is 0. The molecule has 0 bridgehead atoms. The number of nitrogens with zero attached hydrogens (tertiary/aromatic N) is 3. The average molecular weight is 225 g/mol. The van der Waals surface area contributed by atoms with Gasteiger partial charge in [0.1, 0.15) is 0 Å². The van der Waals surface area contributed by atoms with Crippen LogP contribution in [0.2, 0.25) is 0 Å². The third kappa shape index (κ3) is 3.87. The molecular formula is C10H15N3O3. The molecular weight excluding hydrogens is 210 g/mol. The molecule has 6 heteroatoms. The van der Waals surface area contributed by atoms with Crippen LogP contribution in [0.5, 0.6) is 0 Å². The van der Waals surface area contributed by atoms with E-state index in [-0.39, 0.29) is 18.7 Å². The van der Waals surface area contributed by atoms with Crippen LogP contribution < -0.4 is 0 Å². The highest BCUT2D eigenvalue weighted by atomic mass is 16.4. The molecule has 0 spiro atoms. The van der Waals surface area contributed by atoms with Gasteiger partial charge >= 0.3 is 5.97 Å². The molecule has 16 heavy (non-hydrogen) atoms. The number of hydrogen-bond acceptors (Lipinski definition) is 4. The van der Waals surface area contributed by atoms with Gasteiger partial charge in [0.2, 0.25) is 5.91 Å². The molecule has 1 fully saturated rings. The van der Waals surface area contributed by atoms with Crippen LogP contribution in [0.4, 0.5) is 0 Å². The minimum atomic E-state index is -0.948. The van der Waals surface area contributed by atoms with Gasteiger partial charge in [0.25, 0.3) is 0 Å². The third-order valence-electron chi connectivity index (χ3n) is 2.57. The molecule has 1 N–H and O–H groups in total. The van der Waals surface area contributed by atoms with Crippen molar-refractivity contribution in [3.63, 3.8) is 0 Å². The summed E-state index contributed by atoms with van der Waals surface area (Å²) in [5.41, 5.74) is 0.